The van der Waals surface area contributed by atoms with Gasteiger partial charge in [0.15, 0.2) is 0 Å². The Kier molecular flexibility index (Phi) is 3.48. The number of hydrogen-bond donors (Lipinski definition) is 0. The molecule has 0 radical (unpaired) electrons. The smallest absolute Gasteiger partial charge is 0.207 e. The number of nitrogens with zero attached hydrogens (tertiary/aromatic N) is 1. The summed E-state index contributed by atoms with van der Waals surface area (Å²) >= 11 is 5.83. The first-order chi connectivity index (χ1) is 7.93. The van der Waals surface area contributed by atoms with Crippen LogP contribution in [0.3, 0.4) is 0 Å². The van der Waals surface area contributed by atoms with Gasteiger partial charge in [0, 0.05) is 18.1 Å². The third-order valence-electron chi connectivity index (χ3n) is 3.35. The van der Waals surface area contributed by atoms with E-state index in [1.165, 1.54) is 10.4 Å². The molecule has 1 aliphatic rings. The number of rotatable bonds is 4. The lowest BCUT2D eigenvalue weighted by molar-refractivity contribution is 0.357. The maximum absolute atomic E-state index is 12.3. The Balaban J connectivity index is 2.29. The third-order valence-corrected chi connectivity index (χ3v) is 5.53. The average Bonchev–Trinajstić information content (AvgIpc) is 3.11. The molecule has 0 amide bonds. The van der Waals surface area contributed by atoms with Gasteiger partial charge in [0.1, 0.15) is 0 Å². The Morgan fingerprint density at radius 2 is 2.06 bits per heavy atom. The molecule has 1 fully saturated rings. The van der Waals surface area contributed by atoms with Crippen molar-refractivity contribution in [3.8, 4) is 0 Å². The largest absolute Gasteiger partial charge is 0.243 e. The summed E-state index contributed by atoms with van der Waals surface area (Å²) in [5.41, 5.74) is 0. The Labute approximate surface area is 107 Å². The molecule has 1 aromatic carbocycles. The fraction of sp³-hybridized carbons (Fsp3) is 0.500. The average molecular weight is 274 g/mol. The number of hydrogen-bond acceptors (Lipinski definition) is 2. The molecule has 0 aliphatic heterocycles. The molecule has 0 aromatic heterocycles. The molecule has 1 aromatic rings. The molecule has 1 aliphatic carbocycles. The standard InChI is InChI=1S/C12H16ClNO2S/c1-9(10-6-7-10)14(2)17(15,16)12-5-3-4-11(13)8-12/h3-5,8-10H,6-7H2,1-2H3. The lowest BCUT2D eigenvalue weighted by Gasteiger charge is -2.24. The van der Waals surface area contributed by atoms with Crippen LogP contribution in [0.4, 0.5) is 0 Å². The van der Waals surface area contributed by atoms with Gasteiger partial charge >= 0.3 is 0 Å². The van der Waals surface area contributed by atoms with Crippen molar-refractivity contribution in [1.29, 1.82) is 0 Å². The summed E-state index contributed by atoms with van der Waals surface area (Å²) < 4.78 is 26.1. The van der Waals surface area contributed by atoms with Crippen molar-refractivity contribution in [2.45, 2.75) is 30.7 Å². The summed E-state index contributed by atoms with van der Waals surface area (Å²) in [6.07, 6.45) is 2.24. The molecule has 0 spiro atoms. The van der Waals surface area contributed by atoms with E-state index in [-0.39, 0.29) is 10.9 Å². The van der Waals surface area contributed by atoms with E-state index in [0.29, 0.717) is 10.9 Å². The predicted octanol–water partition coefficient (Wildman–Crippen LogP) is 2.76. The van der Waals surface area contributed by atoms with Crippen LogP contribution in [0.1, 0.15) is 19.8 Å². The van der Waals surface area contributed by atoms with Crippen LogP contribution in [-0.2, 0) is 10.0 Å². The maximum atomic E-state index is 12.3. The highest BCUT2D eigenvalue weighted by Crippen LogP contribution is 2.36. The number of benzene rings is 1. The Bertz CT molecular complexity index is 511. The molecular weight excluding hydrogens is 258 g/mol. The first kappa shape index (κ1) is 12.9. The van der Waals surface area contributed by atoms with Crippen LogP contribution in [0.2, 0.25) is 5.02 Å². The van der Waals surface area contributed by atoms with Gasteiger partial charge in [-0.25, -0.2) is 8.42 Å². The van der Waals surface area contributed by atoms with E-state index in [1.807, 2.05) is 6.92 Å². The lowest BCUT2D eigenvalue weighted by Crippen LogP contribution is -2.36. The monoisotopic (exact) mass is 273 g/mol. The molecule has 17 heavy (non-hydrogen) atoms. The summed E-state index contributed by atoms with van der Waals surface area (Å²) in [5.74, 6) is 0.508. The lowest BCUT2D eigenvalue weighted by atomic mass is 10.2. The van der Waals surface area contributed by atoms with Gasteiger partial charge < -0.3 is 0 Å². The minimum Gasteiger partial charge on any atom is -0.207 e. The van der Waals surface area contributed by atoms with Gasteiger partial charge in [-0.15, -0.1) is 0 Å². The van der Waals surface area contributed by atoms with Gasteiger partial charge in [0.2, 0.25) is 10.0 Å². The molecular formula is C12H16ClNO2S. The molecule has 1 saturated carbocycles. The van der Waals surface area contributed by atoms with Crippen LogP contribution in [0.5, 0.6) is 0 Å². The number of sulfonamides is 1. The summed E-state index contributed by atoms with van der Waals surface area (Å²) in [7, 11) is -1.78. The molecule has 94 valence electrons. The van der Waals surface area contributed by atoms with E-state index in [0.717, 1.165) is 12.8 Å². The van der Waals surface area contributed by atoms with E-state index in [1.54, 1.807) is 25.2 Å². The summed E-state index contributed by atoms with van der Waals surface area (Å²) in [6.45, 7) is 1.96. The molecule has 0 saturated heterocycles. The fourth-order valence-electron chi connectivity index (χ4n) is 1.89. The molecule has 2 rings (SSSR count). The highest BCUT2D eigenvalue weighted by molar-refractivity contribution is 7.89. The van der Waals surface area contributed by atoms with Gasteiger partial charge in [-0.05, 0) is 43.9 Å². The fourth-order valence-corrected chi connectivity index (χ4v) is 3.61. The van der Waals surface area contributed by atoms with Crippen LogP contribution in [0.15, 0.2) is 29.2 Å². The van der Waals surface area contributed by atoms with Crippen LogP contribution in [-0.4, -0.2) is 25.8 Å². The van der Waals surface area contributed by atoms with E-state index in [4.69, 9.17) is 11.6 Å². The Hall–Kier alpha value is -0.580. The molecule has 5 heteroatoms. The SMILES string of the molecule is CC(C1CC1)N(C)S(=O)(=O)c1cccc(Cl)c1. The van der Waals surface area contributed by atoms with Crippen LogP contribution in [0.25, 0.3) is 0 Å². The second-order valence-electron chi connectivity index (χ2n) is 4.56. The quantitative estimate of drug-likeness (QED) is 0.846. The molecule has 0 N–H and O–H groups in total. The van der Waals surface area contributed by atoms with Gasteiger partial charge in [-0.1, -0.05) is 17.7 Å². The van der Waals surface area contributed by atoms with Crippen LogP contribution in [0, 0.1) is 5.92 Å². The highest BCUT2D eigenvalue weighted by atomic mass is 35.5. The minimum atomic E-state index is -3.42. The van der Waals surface area contributed by atoms with Crippen molar-refractivity contribution in [3.63, 3.8) is 0 Å². The predicted molar refractivity (Wildman–Crippen MR) is 68.6 cm³/mol. The Morgan fingerprint density at radius 1 is 1.41 bits per heavy atom. The molecule has 1 unspecified atom stereocenters. The van der Waals surface area contributed by atoms with Crippen molar-refractivity contribution in [2.24, 2.45) is 5.92 Å². The first-order valence-corrected chi connectivity index (χ1v) is 7.48. The molecule has 0 bridgehead atoms. The van der Waals surface area contributed by atoms with E-state index in [9.17, 15) is 8.42 Å². The van der Waals surface area contributed by atoms with Gasteiger partial charge in [0.25, 0.3) is 0 Å². The summed E-state index contributed by atoms with van der Waals surface area (Å²) in [4.78, 5) is 0.264. The van der Waals surface area contributed by atoms with E-state index in [2.05, 4.69) is 0 Å². The van der Waals surface area contributed by atoms with E-state index < -0.39 is 10.0 Å². The zero-order valence-corrected chi connectivity index (χ0v) is 11.5. The van der Waals surface area contributed by atoms with Crippen LogP contribution < -0.4 is 0 Å². The molecule has 0 heterocycles. The maximum Gasteiger partial charge on any atom is 0.243 e. The van der Waals surface area contributed by atoms with Crippen molar-refractivity contribution < 1.29 is 8.42 Å². The summed E-state index contributed by atoms with van der Waals surface area (Å²) in [6, 6.07) is 6.46. The first-order valence-electron chi connectivity index (χ1n) is 5.66. The second-order valence-corrected chi connectivity index (χ2v) is 6.99. The van der Waals surface area contributed by atoms with E-state index >= 15 is 0 Å². The van der Waals surface area contributed by atoms with Crippen molar-refractivity contribution in [3.05, 3.63) is 29.3 Å². The zero-order chi connectivity index (χ0) is 12.6. The van der Waals surface area contributed by atoms with Crippen molar-refractivity contribution in [2.75, 3.05) is 7.05 Å². The Morgan fingerprint density at radius 3 is 2.59 bits per heavy atom. The second kappa shape index (κ2) is 4.59. The molecule has 1 atom stereocenters. The normalized spacial score (nSPS) is 18.4. The highest BCUT2D eigenvalue weighted by Gasteiger charge is 2.35. The third kappa shape index (κ3) is 2.64. The minimum absolute atomic E-state index is 0.0546. The topological polar surface area (TPSA) is 37.4 Å². The zero-order valence-electron chi connectivity index (χ0n) is 9.93. The van der Waals surface area contributed by atoms with Gasteiger partial charge in [-0.3, -0.25) is 0 Å². The molecule has 3 nitrogen and oxygen atoms in total. The van der Waals surface area contributed by atoms with Crippen LogP contribution >= 0.6 is 11.6 Å². The van der Waals surface area contributed by atoms with Gasteiger partial charge in [0.05, 0.1) is 4.90 Å². The van der Waals surface area contributed by atoms with Crippen molar-refractivity contribution >= 4 is 21.6 Å². The summed E-state index contributed by atoms with van der Waals surface area (Å²) in [5, 5.41) is 0.443. The number of halogens is 1. The van der Waals surface area contributed by atoms with Crippen molar-refractivity contribution in [1.82, 2.24) is 4.31 Å². The van der Waals surface area contributed by atoms with Gasteiger partial charge in [-0.2, -0.15) is 4.31 Å².